The summed E-state index contributed by atoms with van der Waals surface area (Å²) in [5.41, 5.74) is 1.15. The summed E-state index contributed by atoms with van der Waals surface area (Å²) in [6.07, 6.45) is 1.67. The number of hydrogen-bond acceptors (Lipinski definition) is 4. The third kappa shape index (κ3) is 3.78. The number of sulfonamides is 1. The molecule has 0 radical (unpaired) electrons. The zero-order valence-electron chi connectivity index (χ0n) is 13.4. The van der Waals surface area contributed by atoms with Crippen molar-refractivity contribution in [1.29, 1.82) is 0 Å². The van der Waals surface area contributed by atoms with E-state index in [4.69, 9.17) is 16.7 Å². The van der Waals surface area contributed by atoms with E-state index < -0.39 is 15.9 Å². The van der Waals surface area contributed by atoms with Gasteiger partial charge in [-0.2, -0.15) is 4.99 Å². The Balaban J connectivity index is 2.17. The lowest BCUT2D eigenvalue weighted by atomic mass is 10.2. The molecule has 2 N–H and O–H groups in total. The van der Waals surface area contributed by atoms with Gasteiger partial charge in [0, 0.05) is 17.1 Å². The van der Waals surface area contributed by atoms with Crippen molar-refractivity contribution in [2.45, 2.75) is 11.4 Å². The molecule has 3 aromatic rings. The minimum absolute atomic E-state index is 0.00702. The maximum absolute atomic E-state index is 12.4. The van der Waals surface area contributed by atoms with Crippen LogP contribution in [-0.4, -0.2) is 18.9 Å². The SMILES string of the molecule is C=CCn1c(=NC(=O)c2ccc(Cl)cc2)sc2cc(S(N)(=O)=O)ccc21. The number of carbonyl (C=O) groups excluding carboxylic acids is 1. The quantitative estimate of drug-likeness (QED) is 0.673. The van der Waals surface area contributed by atoms with E-state index in [-0.39, 0.29) is 4.90 Å². The van der Waals surface area contributed by atoms with Crippen LogP contribution in [0.1, 0.15) is 10.4 Å². The smallest absolute Gasteiger partial charge is 0.279 e. The molecule has 0 bridgehead atoms. The first-order valence-electron chi connectivity index (χ1n) is 7.41. The van der Waals surface area contributed by atoms with Crippen molar-refractivity contribution in [3.05, 3.63) is 70.5 Å². The third-order valence-corrected chi connectivity index (χ3v) is 5.79. The van der Waals surface area contributed by atoms with E-state index in [1.54, 1.807) is 41.0 Å². The normalized spacial score (nSPS) is 12.5. The number of thiazole rings is 1. The number of rotatable bonds is 4. The maximum atomic E-state index is 12.4. The second-order valence-corrected chi connectivity index (χ2v) is 8.39. The zero-order valence-corrected chi connectivity index (χ0v) is 15.8. The monoisotopic (exact) mass is 407 g/mol. The Morgan fingerprint density at radius 3 is 2.58 bits per heavy atom. The van der Waals surface area contributed by atoms with Crippen molar-refractivity contribution in [2.75, 3.05) is 0 Å². The largest absolute Gasteiger partial charge is 0.312 e. The van der Waals surface area contributed by atoms with Crippen LogP contribution in [0, 0.1) is 0 Å². The molecule has 6 nitrogen and oxygen atoms in total. The second kappa shape index (κ2) is 7.16. The summed E-state index contributed by atoms with van der Waals surface area (Å²) in [6.45, 7) is 4.13. The lowest BCUT2D eigenvalue weighted by Crippen LogP contribution is -2.16. The molecule has 0 fully saturated rings. The molecular formula is C17H14ClN3O3S2. The van der Waals surface area contributed by atoms with Crippen LogP contribution in [0.4, 0.5) is 0 Å². The van der Waals surface area contributed by atoms with E-state index in [0.717, 1.165) is 5.52 Å². The molecule has 1 amide bonds. The van der Waals surface area contributed by atoms with Gasteiger partial charge in [-0.1, -0.05) is 29.0 Å². The molecule has 1 heterocycles. The Bertz CT molecular complexity index is 1180. The van der Waals surface area contributed by atoms with E-state index in [1.165, 1.54) is 23.5 Å². The van der Waals surface area contributed by atoms with Crippen LogP contribution >= 0.6 is 22.9 Å². The van der Waals surface area contributed by atoms with Gasteiger partial charge in [0.1, 0.15) is 0 Å². The van der Waals surface area contributed by atoms with Crippen molar-refractivity contribution < 1.29 is 13.2 Å². The predicted molar refractivity (Wildman–Crippen MR) is 103 cm³/mol. The van der Waals surface area contributed by atoms with Crippen LogP contribution in [0.3, 0.4) is 0 Å². The minimum atomic E-state index is -3.81. The first-order chi connectivity index (χ1) is 12.3. The summed E-state index contributed by atoms with van der Waals surface area (Å²) in [6, 6.07) is 11.0. The van der Waals surface area contributed by atoms with E-state index in [0.29, 0.717) is 26.6 Å². The average molecular weight is 408 g/mol. The highest BCUT2D eigenvalue weighted by Gasteiger charge is 2.13. The van der Waals surface area contributed by atoms with Gasteiger partial charge >= 0.3 is 0 Å². The fourth-order valence-electron chi connectivity index (χ4n) is 2.37. The first kappa shape index (κ1) is 18.5. The number of carbonyl (C=O) groups is 1. The molecule has 9 heteroatoms. The molecule has 0 aliphatic heterocycles. The molecular weight excluding hydrogens is 394 g/mol. The van der Waals surface area contributed by atoms with Crippen molar-refractivity contribution in [1.82, 2.24) is 4.57 Å². The molecule has 0 saturated heterocycles. The van der Waals surface area contributed by atoms with Crippen molar-refractivity contribution in [3.63, 3.8) is 0 Å². The van der Waals surface area contributed by atoms with Gasteiger partial charge in [0.15, 0.2) is 4.80 Å². The molecule has 0 atom stereocenters. The van der Waals surface area contributed by atoms with Gasteiger partial charge in [-0.3, -0.25) is 4.79 Å². The Hall–Kier alpha value is -2.26. The fourth-order valence-corrected chi connectivity index (χ4v) is 4.18. The number of allylic oxidation sites excluding steroid dienone is 1. The number of nitrogens with zero attached hydrogens (tertiary/aromatic N) is 2. The molecule has 1 aromatic heterocycles. The number of aromatic nitrogens is 1. The molecule has 0 unspecified atom stereocenters. The number of benzene rings is 2. The number of amides is 1. The van der Waals surface area contributed by atoms with E-state index in [1.807, 2.05) is 0 Å². The van der Waals surface area contributed by atoms with Gasteiger partial charge < -0.3 is 4.57 Å². The lowest BCUT2D eigenvalue weighted by Gasteiger charge is -2.02. The summed E-state index contributed by atoms with van der Waals surface area (Å²) in [5, 5.41) is 5.71. The first-order valence-corrected chi connectivity index (χ1v) is 10.2. The molecule has 0 spiro atoms. The van der Waals surface area contributed by atoms with Gasteiger partial charge in [-0.15, -0.1) is 6.58 Å². The van der Waals surface area contributed by atoms with Crippen LogP contribution in [0.2, 0.25) is 5.02 Å². The number of primary sulfonamides is 1. The van der Waals surface area contributed by atoms with E-state index in [2.05, 4.69) is 11.6 Å². The van der Waals surface area contributed by atoms with Crippen LogP contribution < -0.4 is 9.94 Å². The third-order valence-electron chi connectivity index (χ3n) is 3.58. The van der Waals surface area contributed by atoms with Crippen LogP contribution in [0.15, 0.2) is 65.0 Å². The Kier molecular flexibility index (Phi) is 5.10. The van der Waals surface area contributed by atoms with Gasteiger partial charge in [0.05, 0.1) is 15.1 Å². The van der Waals surface area contributed by atoms with Gasteiger partial charge in [-0.25, -0.2) is 13.6 Å². The Labute approximate surface area is 158 Å². The fraction of sp³-hybridized carbons (Fsp3) is 0.0588. The second-order valence-electron chi connectivity index (χ2n) is 5.38. The van der Waals surface area contributed by atoms with Crippen LogP contribution in [0.5, 0.6) is 0 Å². The van der Waals surface area contributed by atoms with Gasteiger partial charge in [-0.05, 0) is 42.5 Å². The molecule has 26 heavy (non-hydrogen) atoms. The highest BCUT2D eigenvalue weighted by Crippen LogP contribution is 2.21. The van der Waals surface area contributed by atoms with Crippen LogP contribution in [-0.2, 0) is 16.6 Å². The molecule has 0 aliphatic carbocycles. The summed E-state index contributed by atoms with van der Waals surface area (Å²) in [5.74, 6) is -0.419. The van der Waals surface area contributed by atoms with Crippen molar-refractivity contribution in [3.8, 4) is 0 Å². The minimum Gasteiger partial charge on any atom is -0.312 e. The highest BCUT2D eigenvalue weighted by atomic mass is 35.5. The summed E-state index contributed by atoms with van der Waals surface area (Å²) in [4.78, 5) is 17.0. The maximum Gasteiger partial charge on any atom is 0.279 e. The van der Waals surface area contributed by atoms with E-state index in [9.17, 15) is 13.2 Å². The number of fused-ring (bicyclic) bond motifs is 1. The van der Waals surface area contributed by atoms with Crippen LogP contribution in [0.25, 0.3) is 10.2 Å². The summed E-state index contributed by atoms with van der Waals surface area (Å²) < 4.78 is 25.5. The topological polar surface area (TPSA) is 94.5 Å². The molecule has 2 aromatic carbocycles. The van der Waals surface area contributed by atoms with Crippen molar-refractivity contribution in [2.24, 2.45) is 10.1 Å². The molecule has 3 rings (SSSR count). The number of hydrogen-bond donors (Lipinski definition) is 1. The standard InChI is InChI=1S/C17H14ClN3O3S2/c1-2-9-21-14-8-7-13(26(19,23)24)10-15(14)25-17(21)20-16(22)11-3-5-12(18)6-4-11/h2-8,10H,1,9H2,(H2,19,23,24). The highest BCUT2D eigenvalue weighted by molar-refractivity contribution is 7.89. The Morgan fingerprint density at radius 1 is 1.27 bits per heavy atom. The molecule has 0 aliphatic rings. The Morgan fingerprint density at radius 2 is 1.96 bits per heavy atom. The van der Waals surface area contributed by atoms with Gasteiger partial charge in [0.2, 0.25) is 10.0 Å². The number of halogens is 1. The number of nitrogens with two attached hydrogens (primary N) is 1. The summed E-state index contributed by atoms with van der Waals surface area (Å²) >= 11 is 7.04. The zero-order chi connectivity index (χ0) is 18.9. The van der Waals surface area contributed by atoms with Crippen molar-refractivity contribution >= 4 is 49.1 Å². The predicted octanol–water partition coefficient (Wildman–Crippen LogP) is 2.93. The average Bonchev–Trinajstić information content (AvgIpc) is 2.92. The lowest BCUT2D eigenvalue weighted by molar-refractivity contribution is 0.0998. The summed E-state index contributed by atoms with van der Waals surface area (Å²) in [7, 11) is -3.81. The van der Waals surface area contributed by atoms with E-state index >= 15 is 0 Å². The van der Waals surface area contributed by atoms with Gasteiger partial charge in [0.25, 0.3) is 5.91 Å². The molecule has 134 valence electrons. The molecule has 0 saturated carbocycles.